The minimum atomic E-state index is 0.0706. The van der Waals surface area contributed by atoms with Gasteiger partial charge in [-0.1, -0.05) is 36.4 Å². The summed E-state index contributed by atoms with van der Waals surface area (Å²) in [5.74, 6) is 0.636. The maximum absolute atomic E-state index is 11.3. The third kappa shape index (κ3) is 8.05. The quantitative estimate of drug-likeness (QED) is 0.754. The first kappa shape index (κ1) is 13.4. The van der Waals surface area contributed by atoms with Crippen molar-refractivity contribution >= 4 is 21.8 Å². The number of allylic oxidation sites excluding steroid dienone is 3. The van der Waals surface area contributed by atoms with Crippen LogP contribution >= 0.6 is 15.9 Å². The Labute approximate surface area is 94.6 Å². The summed E-state index contributed by atoms with van der Waals surface area (Å²) in [5, 5.41) is 2.80. The Morgan fingerprint density at radius 1 is 1.57 bits per heavy atom. The lowest BCUT2D eigenvalue weighted by atomic mass is 10.1. The van der Waals surface area contributed by atoms with Crippen molar-refractivity contribution in [3.05, 3.63) is 22.8 Å². The summed E-state index contributed by atoms with van der Waals surface area (Å²) < 4.78 is 0.763. The Morgan fingerprint density at radius 2 is 2.14 bits per heavy atom. The topological polar surface area (TPSA) is 29.1 Å². The van der Waals surface area contributed by atoms with Crippen molar-refractivity contribution in [2.45, 2.75) is 33.6 Å². The number of amides is 1. The zero-order valence-electron chi connectivity index (χ0n) is 9.06. The number of carbonyl (C=O) groups is 1. The van der Waals surface area contributed by atoms with Gasteiger partial charge in [-0.25, -0.2) is 0 Å². The van der Waals surface area contributed by atoms with Crippen molar-refractivity contribution in [2.75, 3.05) is 0 Å². The van der Waals surface area contributed by atoms with Gasteiger partial charge in [0.1, 0.15) is 0 Å². The fourth-order valence-electron chi connectivity index (χ4n) is 0.973. The van der Waals surface area contributed by atoms with E-state index in [4.69, 9.17) is 0 Å². The molecule has 1 N–H and O–H groups in total. The molecular weight excluding hydrogens is 242 g/mol. The van der Waals surface area contributed by atoms with Crippen LogP contribution in [0.5, 0.6) is 0 Å². The van der Waals surface area contributed by atoms with Crippen LogP contribution in [0.2, 0.25) is 0 Å². The van der Waals surface area contributed by atoms with Gasteiger partial charge in [0.05, 0.1) is 0 Å². The molecule has 0 aliphatic carbocycles. The first-order chi connectivity index (χ1) is 6.41. The maximum atomic E-state index is 11.3. The van der Waals surface area contributed by atoms with Gasteiger partial charge >= 0.3 is 0 Å². The normalized spacial score (nSPS) is 11.6. The van der Waals surface area contributed by atoms with Crippen molar-refractivity contribution in [1.29, 1.82) is 0 Å². The smallest absolute Gasteiger partial charge is 0.224 e. The number of hydrogen-bond donors (Lipinski definition) is 1. The predicted octanol–water partition coefficient (Wildman–Crippen LogP) is 3.35. The third-order valence-corrected chi connectivity index (χ3v) is 1.89. The molecule has 0 atom stereocenters. The first-order valence-corrected chi connectivity index (χ1v) is 5.53. The predicted molar refractivity (Wildman–Crippen MR) is 64.0 cm³/mol. The Morgan fingerprint density at radius 3 is 2.57 bits per heavy atom. The highest BCUT2D eigenvalue weighted by Gasteiger charge is 2.03. The molecule has 0 rings (SSSR count). The number of nitrogens with one attached hydrogen (secondary N) is 1. The second kappa shape index (κ2) is 6.82. The highest BCUT2D eigenvalue weighted by Crippen LogP contribution is 2.06. The largest absolute Gasteiger partial charge is 0.330 e. The van der Waals surface area contributed by atoms with E-state index in [1.807, 2.05) is 6.92 Å². The molecule has 0 heterocycles. The average Bonchev–Trinajstić information content (AvgIpc) is 1.98. The van der Waals surface area contributed by atoms with Crippen LogP contribution in [0.4, 0.5) is 0 Å². The lowest BCUT2D eigenvalue weighted by Crippen LogP contribution is -2.21. The second-order valence-corrected chi connectivity index (χ2v) is 4.77. The van der Waals surface area contributed by atoms with Crippen LogP contribution < -0.4 is 5.32 Å². The highest BCUT2D eigenvalue weighted by molar-refractivity contribution is 9.11. The van der Waals surface area contributed by atoms with E-state index in [0.717, 1.165) is 16.6 Å². The van der Waals surface area contributed by atoms with E-state index in [9.17, 15) is 4.79 Å². The van der Waals surface area contributed by atoms with Crippen LogP contribution in [-0.4, -0.2) is 5.91 Å². The Balaban J connectivity index is 3.88. The van der Waals surface area contributed by atoms with Crippen LogP contribution in [0.25, 0.3) is 0 Å². The van der Waals surface area contributed by atoms with Gasteiger partial charge in [0.2, 0.25) is 5.91 Å². The zero-order chi connectivity index (χ0) is 11.1. The van der Waals surface area contributed by atoms with Gasteiger partial charge in [-0.15, -0.1) is 0 Å². The third-order valence-electron chi connectivity index (χ3n) is 1.66. The fourth-order valence-corrected chi connectivity index (χ4v) is 1.32. The van der Waals surface area contributed by atoms with E-state index < -0.39 is 0 Å². The van der Waals surface area contributed by atoms with Gasteiger partial charge in [0.25, 0.3) is 0 Å². The minimum absolute atomic E-state index is 0.0706. The lowest BCUT2D eigenvalue weighted by molar-refractivity contribution is -0.120. The van der Waals surface area contributed by atoms with E-state index in [1.54, 1.807) is 6.08 Å². The molecule has 0 bridgehead atoms. The molecule has 3 heteroatoms. The fraction of sp³-hybridized carbons (Fsp3) is 0.545. The molecule has 0 saturated carbocycles. The monoisotopic (exact) mass is 259 g/mol. The van der Waals surface area contributed by atoms with Gasteiger partial charge in [0.15, 0.2) is 0 Å². The number of carbonyl (C=O) groups excluding carboxylic acids is 1. The van der Waals surface area contributed by atoms with Crippen LogP contribution in [0.15, 0.2) is 22.8 Å². The van der Waals surface area contributed by atoms with E-state index in [2.05, 4.69) is 41.7 Å². The molecule has 0 aromatic heterocycles. The summed E-state index contributed by atoms with van der Waals surface area (Å²) in [6.07, 6.45) is 3.29. The molecule has 0 radical (unpaired) electrons. The van der Waals surface area contributed by atoms with Gasteiger partial charge in [-0.3, -0.25) is 4.79 Å². The highest BCUT2D eigenvalue weighted by atomic mass is 79.9. The molecule has 0 unspecified atom stereocenters. The summed E-state index contributed by atoms with van der Waals surface area (Å²) in [7, 11) is 0. The molecule has 1 amide bonds. The van der Waals surface area contributed by atoms with Crippen molar-refractivity contribution in [3.63, 3.8) is 0 Å². The second-order valence-electron chi connectivity index (χ2n) is 3.75. The molecule has 0 aliphatic rings. The molecule has 80 valence electrons. The zero-order valence-corrected chi connectivity index (χ0v) is 10.6. The van der Waals surface area contributed by atoms with Gasteiger partial charge in [0, 0.05) is 16.6 Å². The van der Waals surface area contributed by atoms with Gasteiger partial charge < -0.3 is 5.32 Å². The Bertz CT molecular complexity index is 244. The molecule has 0 spiro atoms. The average molecular weight is 260 g/mol. The summed E-state index contributed by atoms with van der Waals surface area (Å²) >= 11 is 3.20. The van der Waals surface area contributed by atoms with E-state index in [-0.39, 0.29) is 5.91 Å². The molecule has 0 aromatic rings. The summed E-state index contributed by atoms with van der Waals surface area (Å²) in [6.45, 7) is 9.73. The molecule has 0 aromatic carbocycles. The molecule has 14 heavy (non-hydrogen) atoms. The van der Waals surface area contributed by atoms with Crippen molar-refractivity contribution < 1.29 is 4.79 Å². The molecule has 0 aliphatic heterocycles. The van der Waals surface area contributed by atoms with Crippen molar-refractivity contribution in [1.82, 2.24) is 5.32 Å². The van der Waals surface area contributed by atoms with Crippen molar-refractivity contribution in [2.24, 2.45) is 5.92 Å². The molecule has 0 fully saturated rings. The van der Waals surface area contributed by atoms with Crippen LogP contribution in [-0.2, 0) is 4.79 Å². The standard InChI is InChI=1S/C11H18BrNO/c1-8(2)5-6-11(14)13-10(4)7-9(3)12/h7-8H,3,5-6H2,1-2,4H3,(H,13,14)/b10-7+. The Hall–Kier alpha value is -0.570. The van der Waals surface area contributed by atoms with Crippen LogP contribution in [0.3, 0.4) is 0 Å². The summed E-state index contributed by atoms with van der Waals surface area (Å²) in [4.78, 5) is 11.3. The van der Waals surface area contributed by atoms with E-state index in [1.165, 1.54) is 0 Å². The summed E-state index contributed by atoms with van der Waals surface area (Å²) in [6, 6.07) is 0. The van der Waals surface area contributed by atoms with E-state index >= 15 is 0 Å². The van der Waals surface area contributed by atoms with Gasteiger partial charge in [-0.05, 0) is 25.3 Å². The lowest BCUT2D eigenvalue weighted by Gasteiger charge is -2.06. The van der Waals surface area contributed by atoms with Crippen LogP contribution in [0.1, 0.15) is 33.6 Å². The number of hydrogen-bond acceptors (Lipinski definition) is 1. The van der Waals surface area contributed by atoms with Gasteiger partial charge in [-0.2, -0.15) is 0 Å². The summed E-state index contributed by atoms with van der Waals surface area (Å²) in [5.41, 5.74) is 0.820. The number of halogens is 1. The van der Waals surface area contributed by atoms with E-state index in [0.29, 0.717) is 12.3 Å². The van der Waals surface area contributed by atoms with Crippen LogP contribution in [0, 0.1) is 5.92 Å². The first-order valence-electron chi connectivity index (χ1n) is 4.74. The number of rotatable bonds is 5. The minimum Gasteiger partial charge on any atom is -0.330 e. The maximum Gasteiger partial charge on any atom is 0.224 e. The SMILES string of the molecule is C=C(Br)/C=C(\C)NC(=O)CCC(C)C. The van der Waals surface area contributed by atoms with Crippen molar-refractivity contribution in [3.8, 4) is 0 Å². The molecule has 0 saturated heterocycles. The Kier molecular flexibility index (Phi) is 6.54. The molecular formula is C11H18BrNO. The molecule has 2 nitrogen and oxygen atoms in total.